The third kappa shape index (κ3) is 2.38. The molecule has 1 aliphatic rings. The van der Waals surface area contributed by atoms with Crippen molar-refractivity contribution < 1.29 is 14.7 Å². The van der Waals surface area contributed by atoms with Gasteiger partial charge in [0.1, 0.15) is 11.7 Å². The van der Waals surface area contributed by atoms with Gasteiger partial charge >= 0.3 is 5.97 Å². The quantitative estimate of drug-likeness (QED) is 0.887. The molecule has 1 fully saturated rings. The van der Waals surface area contributed by atoms with Crippen molar-refractivity contribution >= 4 is 23.2 Å². The monoisotopic (exact) mass is 268 g/mol. The highest BCUT2D eigenvalue weighted by atomic mass is 32.1. The van der Waals surface area contributed by atoms with Gasteiger partial charge in [0.05, 0.1) is 5.01 Å². The number of rotatable bonds is 2. The molecule has 1 amide bonds. The molecule has 0 aromatic carbocycles. The van der Waals surface area contributed by atoms with Crippen LogP contribution in [0.2, 0.25) is 0 Å². The summed E-state index contributed by atoms with van der Waals surface area (Å²) >= 11 is 1.40. The first-order valence-corrected chi connectivity index (χ1v) is 6.84. The van der Waals surface area contributed by atoms with Crippen LogP contribution in [0.3, 0.4) is 0 Å². The Kier molecular flexibility index (Phi) is 3.65. The highest BCUT2D eigenvalue weighted by Gasteiger charge is 2.37. The van der Waals surface area contributed by atoms with Gasteiger partial charge in [0, 0.05) is 11.9 Å². The zero-order valence-electron chi connectivity index (χ0n) is 10.4. The Morgan fingerprint density at radius 1 is 1.56 bits per heavy atom. The van der Waals surface area contributed by atoms with Crippen LogP contribution >= 0.6 is 11.3 Å². The first kappa shape index (κ1) is 13.0. The summed E-state index contributed by atoms with van der Waals surface area (Å²) in [6, 6.07) is -0.728. The Morgan fingerprint density at radius 2 is 2.28 bits per heavy atom. The molecule has 5 nitrogen and oxygen atoms in total. The highest BCUT2D eigenvalue weighted by Crippen LogP contribution is 2.25. The zero-order chi connectivity index (χ0) is 13.3. The molecule has 1 aromatic heterocycles. The van der Waals surface area contributed by atoms with Gasteiger partial charge in [-0.05, 0) is 25.7 Å². The van der Waals surface area contributed by atoms with E-state index in [4.69, 9.17) is 0 Å². The second kappa shape index (κ2) is 5.06. The number of aromatic nitrogens is 1. The van der Waals surface area contributed by atoms with Crippen LogP contribution in [0.25, 0.3) is 0 Å². The molecular weight excluding hydrogens is 252 g/mol. The van der Waals surface area contributed by atoms with Gasteiger partial charge in [0.25, 0.3) is 5.91 Å². The minimum absolute atomic E-state index is 0.0140. The standard InChI is InChI=1S/C12H16N2O3S/c1-7-4-3-5-14(10(7)12(16)17)11(15)9-6-18-8(2)13-9/h6-7,10H,3-5H2,1-2H3,(H,16,17). The average molecular weight is 268 g/mol. The normalized spacial score (nSPS) is 24.0. The summed E-state index contributed by atoms with van der Waals surface area (Å²) in [5.41, 5.74) is 0.359. The number of piperidine rings is 1. The minimum atomic E-state index is -0.928. The van der Waals surface area contributed by atoms with Gasteiger partial charge in [-0.2, -0.15) is 0 Å². The summed E-state index contributed by atoms with van der Waals surface area (Å²) in [7, 11) is 0. The molecule has 1 aliphatic heterocycles. The van der Waals surface area contributed by atoms with Crippen molar-refractivity contribution in [3.05, 3.63) is 16.1 Å². The summed E-state index contributed by atoms with van der Waals surface area (Å²) in [5.74, 6) is -1.21. The Hall–Kier alpha value is -1.43. The number of nitrogens with zero attached hydrogens (tertiary/aromatic N) is 2. The van der Waals surface area contributed by atoms with Crippen LogP contribution in [-0.4, -0.2) is 39.5 Å². The molecule has 0 aliphatic carbocycles. The molecule has 1 saturated heterocycles. The van der Waals surface area contributed by atoms with Crippen molar-refractivity contribution in [2.45, 2.75) is 32.7 Å². The van der Waals surface area contributed by atoms with Crippen LogP contribution < -0.4 is 0 Å². The number of aliphatic carboxylic acids is 1. The largest absolute Gasteiger partial charge is 0.480 e. The van der Waals surface area contributed by atoms with Crippen LogP contribution in [0.5, 0.6) is 0 Å². The Bertz CT molecular complexity index is 472. The molecule has 6 heteroatoms. The van der Waals surface area contributed by atoms with E-state index in [1.54, 1.807) is 5.38 Å². The molecule has 2 unspecified atom stereocenters. The van der Waals surface area contributed by atoms with Crippen LogP contribution in [-0.2, 0) is 4.79 Å². The first-order chi connectivity index (χ1) is 8.50. The van der Waals surface area contributed by atoms with Crippen molar-refractivity contribution in [2.24, 2.45) is 5.92 Å². The van der Waals surface area contributed by atoms with Crippen LogP contribution in [0, 0.1) is 12.8 Å². The molecule has 0 saturated carbocycles. The van der Waals surface area contributed by atoms with Crippen molar-refractivity contribution in [1.29, 1.82) is 0 Å². The molecular formula is C12H16N2O3S. The summed E-state index contributed by atoms with van der Waals surface area (Å²) in [5, 5.41) is 11.8. The summed E-state index contributed by atoms with van der Waals surface area (Å²) < 4.78 is 0. The summed E-state index contributed by atoms with van der Waals surface area (Å²) in [6.07, 6.45) is 1.69. The van der Waals surface area contributed by atoms with E-state index in [-0.39, 0.29) is 11.8 Å². The number of thiazole rings is 1. The number of aryl methyl sites for hydroxylation is 1. The lowest BCUT2D eigenvalue weighted by Crippen LogP contribution is -2.52. The third-order valence-corrected chi connectivity index (χ3v) is 4.06. The number of carbonyl (C=O) groups excluding carboxylic acids is 1. The van der Waals surface area contributed by atoms with Gasteiger partial charge < -0.3 is 10.0 Å². The number of carboxylic acids is 1. The summed E-state index contributed by atoms with van der Waals surface area (Å²) in [4.78, 5) is 29.2. The SMILES string of the molecule is Cc1nc(C(=O)N2CCCC(C)C2C(=O)O)cs1. The maximum atomic E-state index is 12.3. The Balaban J connectivity index is 2.24. The van der Waals surface area contributed by atoms with Crippen molar-refractivity contribution in [3.8, 4) is 0 Å². The molecule has 2 heterocycles. The fraction of sp³-hybridized carbons (Fsp3) is 0.583. The predicted molar refractivity (Wildman–Crippen MR) is 67.7 cm³/mol. The number of carbonyl (C=O) groups is 2. The number of hydrogen-bond donors (Lipinski definition) is 1. The van der Waals surface area contributed by atoms with E-state index < -0.39 is 12.0 Å². The average Bonchev–Trinajstić information content (AvgIpc) is 2.74. The maximum Gasteiger partial charge on any atom is 0.326 e. The molecule has 98 valence electrons. The topological polar surface area (TPSA) is 70.5 Å². The van der Waals surface area contributed by atoms with E-state index in [1.807, 2.05) is 13.8 Å². The van der Waals surface area contributed by atoms with Gasteiger partial charge in [0.2, 0.25) is 0 Å². The van der Waals surface area contributed by atoms with E-state index in [0.717, 1.165) is 17.8 Å². The molecule has 2 rings (SSSR count). The van der Waals surface area contributed by atoms with Gasteiger partial charge in [-0.1, -0.05) is 6.92 Å². The molecule has 0 bridgehead atoms. The van der Waals surface area contributed by atoms with Crippen molar-refractivity contribution in [2.75, 3.05) is 6.54 Å². The lowest BCUT2D eigenvalue weighted by molar-refractivity contribution is -0.145. The molecule has 18 heavy (non-hydrogen) atoms. The number of likely N-dealkylation sites (tertiary alicyclic amines) is 1. The zero-order valence-corrected chi connectivity index (χ0v) is 11.2. The highest BCUT2D eigenvalue weighted by molar-refractivity contribution is 7.09. The molecule has 1 aromatic rings. The van der Waals surface area contributed by atoms with Crippen molar-refractivity contribution in [1.82, 2.24) is 9.88 Å². The fourth-order valence-corrected chi connectivity index (χ4v) is 2.99. The predicted octanol–water partition coefficient (Wildman–Crippen LogP) is 1.78. The van der Waals surface area contributed by atoms with Gasteiger partial charge in [-0.3, -0.25) is 4.79 Å². The van der Waals surface area contributed by atoms with E-state index in [0.29, 0.717) is 12.2 Å². The van der Waals surface area contributed by atoms with Gasteiger partial charge in [-0.15, -0.1) is 11.3 Å². The molecule has 1 N–H and O–H groups in total. The minimum Gasteiger partial charge on any atom is -0.480 e. The fourth-order valence-electron chi connectivity index (χ4n) is 2.40. The number of amides is 1. The number of carboxylic acid groups (broad SMARTS) is 1. The van der Waals surface area contributed by atoms with E-state index in [9.17, 15) is 14.7 Å². The van der Waals surface area contributed by atoms with Gasteiger partial charge in [0.15, 0.2) is 0 Å². The van der Waals surface area contributed by atoms with Crippen LogP contribution in [0.15, 0.2) is 5.38 Å². The number of hydrogen-bond acceptors (Lipinski definition) is 4. The van der Waals surface area contributed by atoms with Crippen LogP contribution in [0.1, 0.15) is 35.3 Å². The molecule has 0 spiro atoms. The molecule has 2 atom stereocenters. The summed E-state index contributed by atoms with van der Waals surface area (Å²) in [6.45, 7) is 4.20. The van der Waals surface area contributed by atoms with Gasteiger partial charge in [-0.25, -0.2) is 9.78 Å². The van der Waals surface area contributed by atoms with Crippen molar-refractivity contribution in [3.63, 3.8) is 0 Å². The Morgan fingerprint density at radius 3 is 2.83 bits per heavy atom. The third-order valence-electron chi connectivity index (χ3n) is 3.29. The second-order valence-corrected chi connectivity index (χ2v) is 5.72. The van der Waals surface area contributed by atoms with E-state index in [2.05, 4.69) is 4.98 Å². The molecule has 0 radical (unpaired) electrons. The second-order valence-electron chi connectivity index (χ2n) is 4.65. The van der Waals surface area contributed by atoms with E-state index >= 15 is 0 Å². The lowest BCUT2D eigenvalue weighted by atomic mass is 9.90. The maximum absolute atomic E-state index is 12.3. The lowest BCUT2D eigenvalue weighted by Gasteiger charge is -2.36. The first-order valence-electron chi connectivity index (χ1n) is 5.96. The Labute approximate surface area is 109 Å². The van der Waals surface area contributed by atoms with Crippen LogP contribution in [0.4, 0.5) is 0 Å². The smallest absolute Gasteiger partial charge is 0.326 e. The van der Waals surface area contributed by atoms with E-state index in [1.165, 1.54) is 16.2 Å².